The van der Waals surface area contributed by atoms with Crippen LogP contribution in [0, 0.1) is 6.92 Å². The molecular formula is C25H28N4O2. The monoisotopic (exact) mass is 416 g/mol. The van der Waals surface area contributed by atoms with Gasteiger partial charge in [0.05, 0.1) is 19.3 Å². The van der Waals surface area contributed by atoms with Gasteiger partial charge in [-0.3, -0.25) is 9.69 Å². The summed E-state index contributed by atoms with van der Waals surface area (Å²) in [6, 6.07) is 19.7. The second-order valence-corrected chi connectivity index (χ2v) is 8.18. The average molecular weight is 417 g/mol. The lowest BCUT2D eigenvalue weighted by Crippen LogP contribution is -3.15. The lowest BCUT2D eigenvalue weighted by atomic mass is 10.0. The van der Waals surface area contributed by atoms with Gasteiger partial charge in [0, 0.05) is 19.6 Å². The van der Waals surface area contributed by atoms with Crippen LogP contribution in [0.15, 0.2) is 65.8 Å². The Hall–Kier alpha value is -3.22. The summed E-state index contributed by atoms with van der Waals surface area (Å²) in [7, 11) is 0. The van der Waals surface area contributed by atoms with Gasteiger partial charge < -0.3 is 10.0 Å². The molecule has 6 nitrogen and oxygen atoms in total. The number of carbonyl (C=O) groups is 1. The minimum atomic E-state index is -0.133. The molecule has 1 aliphatic heterocycles. The normalized spacial score (nSPS) is 15.5. The predicted octanol–water partition coefficient (Wildman–Crippen LogP) is 1.07. The van der Waals surface area contributed by atoms with E-state index < -0.39 is 0 Å². The molecule has 0 unspecified atom stereocenters. The fourth-order valence-corrected chi connectivity index (χ4v) is 4.00. The zero-order valence-electron chi connectivity index (χ0n) is 17.8. The Kier molecular flexibility index (Phi) is 6.60. The Morgan fingerprint density at radius 1 is 1.10 bits per heavy atom. The van der Waals surface area contributed by atoms with Crippen LogP contribution < -0.4 is 15.4 Å². The number of nitrogens with zero attached hydrogens (tertiary/aromatic N) is 2. The van der Waals surface area contributed by atoms with E-state index in [1.54, 1.807) is 6.07 Å². The van der Waals surface area contributed by atoms with Crippen LogP contribution in [0.1, 0.15) is 16.7 Å². The third-order valence-corrected chi connectivity index (χ3v) is 5.81. The van der Waals surface area contributed by atoms with Crippen molar-refractivity contribution in [3.05, 3.63) is 77.4 Å². The molecule has 1 saturated heterocycles. The van der Waals surface area contributed by atoms with Crippen molar-refractivity contribution < 1.29 is 14.8 Å². The van der Waals surface area contributed by atoms with Gasteiger partial charge in [0.2, 0.25) is 0 Å². The van der Waals surface area contributed by atoms with E-state index in [9.17, 15) is 9.90 Å². The molecular weight excluding hydrogens is 388 g/mol. The highest BCUT2D eigenvalue weighted by molar-refractivity contribution is 6.02. The number of quaternary nitrogens is 1. The van der Waals surface area contributed by atoms with Gasteiger partial charge in [-0.25, -0.2) is 5.43 Å². The number of amides is 1. The number of rotatable bonds is 6. The van der Waals surface area contributed by atoms with Gasteiger partial charge in [-0.05, 0) is 28.8 Å². The van der Waals surface area contributed by atoms with Crippen LogP contribution in [0.25, 0.3) is 10.8 Å². The highest BCUT2D eigenvalue weighted by Crippen LogP contribution is 2.23. The van der Waals surface area contributed by atoms with E-state index in [1.165, 1.54) is 28.3 Å². The minimum Gasteiger partial charge on any atom is -0.872 e. The number of hydrogen-bond donors (Lipinski definition) is 2. The lowest BCUT2D eigenvalue weighted by molar-refractivity contribution is -0.896. The van der Waals surface area contributed by atoms with Gasteiger partial charge in [0.15, 0.2) is 6.54 Å². The number of aryl methyl sites for hydroxylation is 1. The molecule has 0 bridgehead atoms. The van der Waals surface area contributed by atoms with Crippen molar-refractivity contribution in [3.8, 4) is 5.75 Å². The molecule has 160 valence electrons. The topological polar surface area (TPSA) is 72.2 Å². The number of piperazine rings is 1. The zero-order valence-corrected chi connectivity index (χ0v) is 17.8. The third-order valence-electron chi connectivity index (χ3n) is 5.81. The summed E-state index contributed by atoms with van der Waals surface area (Å²) < 4.78 is 0. The number of nitrogens with one attached hydrogen (secondary N) is 2. The summed E-state index contributed by atoms with van der Waals surface area (Å²) in [5, 5.41) is 18.1. The molecule has 1 amide bonds. The molecule has 0 atom stereocenters. The molecule has 2 N–H and O–H groups in total. The van der Waals surface area contributed by atoms with Crippen molar-refractivity contribution in [3.63, 3.8) is 0 Å². The first kappa shape index (κ1) is 21.0. The Morgan fingerprint density at radius 2 is 1.84 bits per heavy atom. The quantitative estimate of drug-likeness (QED) is 0.467. The number of hydrogen-bond acceptors (Lipinski definition) is 4. The molecule has 1 aliphatic rings. The van der Waals surface area contributed by atoms with Gasteiger partial charge in [-0.15, -0.1) is 0 Å². The predicted molar refractivity (Wildman–Crippen MR) is 121 cm³/mol. The summed E-state index contributed by atoms with van der Waals surface area (Å²) in [5.41, 5.74) is 5.68. The first-order chi connectivity index (χ1) is 15.1. The third kappa shape index (κ3) is 5.48. The smallest absolute Gasteiger partial charge is 0.295 e. The average Bonchev–Trinajstić information content (AvgIpc) is 2.78. The largest absolute Gasteiger partial charge is 0.872 e. The van der Waals surface area contributed by atoms with Crippen LogP contribution >= 0.6 is 0 Å². The van der Waals surface area contributed by atoms with E-state index >= 15 is 0 Å². The van der Waals surface area contributed by atoms with Crippen LogP contribution in [-0.2, 0) is 11.3 Å². The number of benzene rings is 3. The fraction of sp³-hybridized carbons (Fsp3) is 0.280. The highest BCUT2D eigenvalue weighted by atomic mass is 16.3. The summed E-state index contributed by atoms with van der Waals surface area (Å²) in [6.07, 6.45) is 1.46. The Morgan fingerprint density at radius 3 is 2.61 bits per heavy atom. The van der Waals surface area contributed by atoms with Gasteiger partial charge in [-0.2, -0.15) is 5.10 Å². The summed E-state index contributed by atoms with van der Waals surface area (Å²) in [5.74, 6) is -0.238. The molecule has 6 heteroatoms. The second kappa shape index (κ2) is 9.73. The molecule has 0 spiro atoms. The van der Waals surface area contributed by atoms with Crippen molar-refractivity contribution in [2.75, 3.05) is 32.7 Å². The molecule has 0 aliphatic carbocycles. The lowest BCUT2D eigenvalue weighted by Gasteiger charge is -2.31. The van der Waals surface area contributed by atoms with Crippen LogP contribution in [0.4, 0.5) is 0 Å². The van der Waals surface area contributed by atoms with Crippen LogP contribution in [-0.4, -0.2) is 49.7 Å². The molecule has 1 fully saturated rings. The second-order valence-electron chi connectivity index (χ2n) is 8.18. The van der Waals surface area contributed by atoms with Crippen molar-refractivity contribution in [1.29, 1.82) is 0 Å². The Balaban J connectivity index is 1.26. The first-order valence-electron chi connectivity index (χ1n) is 10.7. The van der Waals surface area contributed by atoms with Gasteiger partial charge in [-0.1, -0.05) is 72.0 Å². The molecule has 1 heterocycles. The van der Waals surface area contributed by atoms with E-state index in [0.717, 1.165) is 43.5 Å². The SMILES string of the molecule is Cc1ccc(CN2CC[NH+](CC(=O)N/N=C/c3c([O-])ccc4ccccc34)CC2)cc1. The highest BCUT2D eigenvalue weighted by Gasteiger charge is 2.22. The van der Waals surface area contributed by atoms with E-state index in [4.69, 9.17) is 0 Å². The Labute approximate surface area is 182 Å². The van der Waals surface area contributed by atoms with Gasteiger partial charge >= 0.3 is 0 Å². The number of carbonyl (C=O) groups excluding carboxylic acids is 1. The van der Waals surface area contributed by atoms with Gasteiger partial charge in [0.25, 0.3) is 5.91 Å². The molecule has 3 aromatic rings. The summed E-state index contributed by atoms with van der Waals surface area (Å²) >= 11 is 0. The van der Waals surface area contributed by atoms with E-state index in [2.05, 4.69) is 46.6 Å². The maximum absolute atomic E-state index is 12.3. The standard InChI is InChI=1S/C25H28N4O2/c1-19-6-8-20(9-7-19)17-28-12-14-29(15-13-28)18-25(31)27-26-16-23-22-5-3-2-4-21(22)10-11-24(23)30/h2-11,16,30H,12-15,17-18H2,1H3,(H,27,31)/b26-16+. The summed E-state index contributed by atoms with van der Waals surface area (Å²) in [4.78, 5) is 16.0. The van der Waals surface area contributed by atoms with Crippen LogP contribution in [0.2, 0.25) is 0 Å². The van der Waals surface area contributed by atoms with Crippen molar-refractivity contribution >= 4 is 22.9 Å². The molecule has 31 heavy (non-hydrogen) atoms. The van der Waals surface area contributed by atoms with Gasteiger partial charge in [0.1, 0.15) is 0 Å². The maximum atomic E-state index is 12.3. The minimum absolute atomic E-state index is 0.105. The molecule has 0 radical (unpaired) electrons. The maximum Gasteiger partial charge on any atom is 0.295 e. The number of hydrazone groups is 1. The zero-order chi connectivity index (χ0) is 21.6. The van der Waals surface area contributed by atoms with E-state index in [-0.39, 0.29) is 11.7 Å². The van der Waals surface area contributed by atoms with Crippen molar-refractivity contribution in [1.82, 2.24) is 10.3 Å². The molecule has 0 aromatic heterocycles. The van der Waals surface area contributed by atoms with Crippen molar-refractivity contribution in [2.24, 2.45) is 5.10 Å². The van der Waals surface area contributed by atoms with Crippen molar-refractivity contribution in [2.45, 2.75) is 13.5 Å². The van der Waals surface area contributed by atoms with E-state index in [1.807, 2.05) is 24.3 Å². The first-order valence-corrected chi connectivity index (χ1v) is 10.7. The number of fused-ring (bicyclic) bond motifs is 1. The molecule has 0 saturated carbocycles. The fourth-order valence-electron chi connectivity index (χ4n) is 4.00. The van der Waals surface area contributed by atoms with Crippen LogP contribution in [0.3, 0.4) is 0 Å². The molecule has 3 aromatic carbocycles. The van der Waals surface area contributed by atoms with E-state index in [0.29, 0.717) is 12.1 Å². The summed E-state index contributed by atoms with van der Waals surface area (Å²) in [6.45, 7) is 7.23. The Bertz CT molecular complexity index is 1070. The van der Waals surface area contributed by atoms with Crippen LogP contribution in [0.5, 0.6) is 5.75 Å². The molecule has 4 rings (SSSR count).